The number of aliphatic imine (C=N–C) groups is 1. The molecule has 1 fully saturated rings. The molecule has 162 valence electrons. The maximum Gasteiger partial charge on any atom is 0.410 e. The number of nitrogens with one attached hydrogen (secondary N) is 2. The topological polar surface area (TPSA) is 86.3 Å². The Hall–Kier alpha value is -2.48. The Labute approximate surface area is 194 Å². The molecule has 0 bridgehead atoms. The van der Waals surface area contributed by atoms with Gasteiger partial charge in [-0.15, -0.1) is 30.4 Å². The van der Waals surface area contributed by atoms with E-state index in [1.165, 1.54) is 0 Å². The van der Waals surface area contributed by atoms with Crippen molar-refractivity contribution in [2.24, 2.45) is 4.99 Å². The summed E-state index contributed by atoms with van der Waals surface area (Å²) in [6.07, 6.45) is 5.08. The molecule has 2 aliphatic heterocycles. The zero-order valence-electron chi connectivity index (χ0n) is 17.5. The van der Waals surface area contributed by atoms with Crippen LogP contribution in [0.1, 0.15) is 26.3 Å². The van der Waals surface area contributed by atoms with Crippen molar-refractivity contribution in [3.63, 3.8) is 0 Å². The molecule has 2 heterocycles. The Morgan fingerprint density at radius 3 is 2.80 bits per heavy atom. The molecule has 1 unspecified atom stereocenters. The van der Waals surface area contributed by atoms with E-state index in [0.29, 0.717) is 43.4 Å². The van der Waals surface area contributed by atoms with E-state index < -0.39 is 5.60 Å². The average molecular weight is 525 g/mol. The lowest BCUT2D eigenvalue weighted by Crippen LogP contribution is -2.58. The Kier molecular flexibility index (Phi) is 7.95. The highest BCUT2D eigenvalue weighted by atomic mass is 127. The summed E-state index contributed by atoms with van der Waals surface area (Å²) in [7, 11) is 0. The van der Waals surface area contributed by atoms with Gasteiger partial charge in [-0.05, 0) is 39.0 Å². The molecule has 2 aliphatic rings. The Balaban J connectivity index is 0.00000320. The van der Waals surface area contributed by atoms with Crippen molar-refractivity contribution in [3.05, 3.63) is 29.8 Å². The normalized spacial score (nSPS) is 17.8. The van der Waals surface area contributed by atoms with E-state index in [9.17, 15) is 9.59 Å². The SMILES string of the molecule is C#Cc1cccc(NC(=O)CNC2=NCC3CN(C(=O)OC(C)(C)C)CCN23)c1.I. The molecule has 3 rings (SSSR count). The van der Waals surface area contributed by atoms with Crippen LogP contribution in [-0.4, -0.2) is 72.1 Å². The summed E-state index contributed by atoms with van der Waals surface area (Å²) in [5.41, 5.74) is 0.853. The third kappa shape index (κ3) is 6.26. The lowest BCUT2D eigenvalue weighted by atomic mass is 10.2. The summed E-state index contributed by atoms with van der Waals surface area (Å²) >= 11 is 0. The second kappa shape index (κ2) is 10.0. The van der Waals surface area contributed by atoms with E-state index in [-0.39, 0.29) is 48.6 Å². The van der Waals surface area contributed by atoms with Crippen molar-refractivity contribution < 1.29 is 14.3 Å². The van der Waals surface area contributed by atoms with Gasteiger partial charge in [0.25, 0.3) is 0 Å². The van der Waals surface area contributed by atoms with E-state index in [0.717, 1.165) is 0 Å². The average Bonchev–Trinajstić information content (AvgIpc) is 3.07. The molecule has 8 nitrogen and oxygen atoms in total. The molecule has 2 amide bonds. The molecule has 0 spiro atoms. The third-order valence-corrected chi connectivity index (χ3v) is 4.58. The number of carbonyl (C=O) groups excluding carboxylic acids is 2. The maximum absolute atomic E-state index is 12.3. The lowest BCUT2D eigenvalue weighted by molar-refractivity contribution is -0.115. The summed E-state index contributed by atoms with van der Waals surface area (Å²) < 4.78 is 5.45. The Morgan fingerprint density at radius 1 is 1.33 bits per heavy atom. The fourth-order valence-electron chi connectivity index (χ4n) is 3.27. The van der Waals surface area contributed by atoms with Crippen LogP contribution < -0.4 is 10.6 Å². The molecule has 0 saturated carbocycles. The maximum atomic E-state index is 12.3. The highest BCUT2D eigenvalue weighted by Crippen LogP contribution is 2.18. The number of terminal acetylenes is 1. The molecular weight excluding hydrogens is 497 g/mol. The van der Waals surface area contributed by atoms with Gasteiger partial charge in [-0.2, -0.15) is 0 Å². The molecular formula is C21H28IN5O3. The highest BCUT2D eigenvalue weighted by molar-refractivity contribution is 14.0. The smallest absolute Gasteiger partial charge is 0.410 e. The van der Waals surface area contributed by atoms with Crippen LogP contribution in [-0.2, 0) is 9.53 Å². The number of amides is 2. The number of halogens is 1. The van der Waals surface area contributed by atoms with Gasteiger partial charge in [0.2, 0.25) is 5.91 Å². The number of rotatable bonds is 3. The lowest BCUT2D eigenvalue weighted by Gasteiger charge is -2.39. The summed E-state index contributed by atoms with van der Waals surface area (Å²) in [5, 5.41) is 5.92. The standard InChI is InChI=1S/C21H27N5O3.HI/c1-5-15-7-6-8-16(11-15)24-18(27)13-23-19-22-12-17-14-25(9-10-26(17)19)20(28)29-21(2,3)4;/h1,6-8,11,17H,9-10,12-14H2,2-4H3,(H,22,23)(H,24,27);1H. The number of carbonyl (C=O) groups is 2. The Bertz CT molecular complexity index is 859. The number of fused-ring (bicyclic) bond motifs is 1. The van der Waals surface area contributed by atoms with Crippen LogP contribution in [0.4, 0.5) is 10.5 Å². The number of piperazine rings is 1. The van der Waals surface area contributed by atoms with Crippen molar-refractivity contribution in [3.8, 4) is 12.3 Å². The fourth-order valence-corrected chi connectivity index (χ4v) is 3.27. The van der Waals surface area contributed by atoms with Gasteiger partial charge in [0.15, 0.2) is 5.96 Å². The van der Waals surface area contributed by atoms with Gasteiger partial charge >= 0.3 is 6.09 Å². The first-order valence-electron chi connectivity index (χ1n) is 9.64. The number of benzene rings is 1. The number of anilines is 1. The van der Waals surface area contributed by atoms with Crippen molar-refractivity contribution in [1.82, 2.24) is 15.1 Å². The van der Waals surface area contributed by atoms with Gasteiger partial charge in [-0.1, -0.05) is 12.0 Å². The first-order valence-corrected chi connectivity index (χ1v) is 9.64. The highest BCUT2D eigenvalue weighted by Gasteiger charge is 2.36. The molecule has 0 radical (unpaired) electrons. The van der Waals surface area contributed by atoms with E-state index in [1.54, 1.807) is 29.2 Å². The molecule has 9 heteroatoms. The summed E-state index contributed by atoms with van der Waals surface area (Å²) in [6.45, 7) is 7.99. The molecule has 0 aliphatic carbocycles. The minimum Gasteiger partial charge on any atom is -0.444 e. The van der Waals surface area contributed by atoms with Gasteiger partial charge in [0.1, 0.15) is 5.60 Å². The molecule has 1 aromatic carbocycles. The van der Waals surface area contributed by atoms with Crippen LogP contribution in [0.5, 0.6) is 0 Å². The Morgan fingerprint density at radius 2 is 2.10 bits per heavy atom. The van der Waals surface area contributed by atoms with Crippen molar-refractivity contribution in [2.75, 3.05) is 38.0 Å². The first kappa shape index (κ1) is 23.8. The zero-order chi connectivity index (χ0) is 21.0. The number of nitrogens with zero attached hydrogens (tertiary/aromatic N) is 3. The molecule has 30 heavy (non-hydrogen) atoms. The minimum atomic E-state index is -0.514. The summed E-state index contributed by atoms with van der Waals surface area (Å²) in [4.78, 5) is 32.8. The number of ether oxygens (including phenoxy) is 1. The second-order valence-electron chi connectivity index (χ2n) is 8.06. The molecule has 0 aromatic heterocycles. The second-order valence-corrected chi connectivity index (χ2v) is 8.06. The predicted molar refractivity (Wildman–Crippen MR) is 127 cm³/mol. The quantitative estimate of drug-likeness (QED) is 0.467. The van der Waals surface area contributed by atoms with Crippen LogP contribution in [0, 0.1) is 12.3 Å². The number of guanidine groups is 1. The van der Waals surface area contributed by atoms with Gasteiger partial charge in [-0.3, -0.25) is 9.79 Å². The van der Waals surface area contributed by atoms with Crippen LogP contribution in [0.25, 0.3) is 0 Å². The van der Waals surface area contributed by atoms with Gasteiger partial charge in [-0.25, -0.2) is 4.79 Å². The molecule has 1 saturated heterocycles. The molecule has 1 atom stereocenters. The molecule has 1 aromatic rings. The minimum absolute atomic E-state index is 0. The van der Waals surface area contributed by atoms with E-state index in [4.69, 9.17) is 11.2 Å². The zero-order valence-corrected chi connectivity index (χ0v) is 19.8. The van der Waals surface area contributed by atoms with Crippen LogP contribution in [0.15, 0.2) is 29.3 Å². The number of hydrogen-bond acceptors (Lipinski definition) is 6. The van der Waals surface area contributed by atoms with Crippen molar-refractivity contribution in [2.45, 2.75) is 32.4 Å². The predicted octanol–water partition coefficient (Wildman–Crippen LogP) is 2.10. The van der Waals surface area contributed by atoms with Gasteiger partial charge in [0.05, 0.1) is 19.1 Å². The van der Waals surface area contributed by atoms with Crippen LogP contribution in [0.2, 0.25) is 0 Å². The van der Waals surface area contributed by atoms with Gasteiger partial charge in [0, 0.05) is 30.9 Å². The largest absolute Gasteiger partial charge is 0.444 e. The van der Waals surface area contributed by atoms with E-state index in [1.807, 2.05) is 20.8 Å². The van der Waals surface area contributed by atoms with Gasteiger partial charge < -0.3 is 25.2 Å². The first-order chi connectivity index (χ1) is 13.7. The molecule has 2 N–H and O–H groups in total. The van der Waals surface area contributed by atoms with E-state index in [2.05, 4.69) is 26.4 Å². The van der Waals surface area contributed by atoms with Crippen molar-refractivity contribution >= 4 is 47.6 Å². The fraction of sp³-hybridized carbons (Fsp3) is 0.476. The third-order valence-electron chi connectivity index (χ3n) is 4.58. The van der Waals surface area contributed by atoms with Crippen LogP contribution in [0.3, 0.4) is 0 Å². The van der Waals surface area contributed by atoms with E-state index >= 15 is 0 Å². The number of hydrogen-bond donors (Lipinski definition) is 2. The van der Waals surface area contributed by atoms with Crippen LogP contribution >= 0.6 is 24.0 Å². The van der Waals surface area contributed by atoms with Crippen molar-refractivity contribution in [1.29, 1.82) is 0 Å². The summed E-state index contributed by atoms with van der Waals surface area (Å²) in [5.74, 6) is 3.05. The summed E-state index contributed by atoms with van der Waals surface area (Å²) in [6, 6.07) is 7.23. The monoisotopic (exact) mass is 525 g/mol.